The highest BCUT2D eigenvalue weighted by Crippen LogP contribution is 2.20. The topological polar surface area (TPSA) is 26.0 Å². The first kappa shape index (κ1) is 12.5. The molecule has 1 aromatic carbocycles. The molecular weight excluding hydrogens is 182 g/mol. The fraction of sp³-hybridized carbons (Fsp3) is 0.455. The van der Waals surface area contributed by atoms with Gasteiger partial charge >= 0.3 is 0 Å². The van der Waals surface area contributed by atoms with Gasteiger partial charge in [-0.3, -0.25) is 0 Å². The van der Waals surface area contributed by atoms with Crippen LogP contribution in [0.3, 0.4) is 0 Å². The maximum Gasteiger partial charge on any atom is 0.0294 e. The van der Waals surface area contributed by atoms with Crippen LogP contribution in [0.2, 0.25) is 0 Å². The van der Waals surface area contributed by atoms with Crippen LogP contribution in [0.25, 0.3) is 0 Å². The second kappa shape index (κ2) is 5.25. The van der Waals surface area contributed by atoms with E-state index in [1.165, 1.54) is 16.7 Å². The summed E-state index contributed by atoms with van der Waals surface area (Å²) in [7, 11) is 0. The van der Waals surface area contributed by atoms with Crippen LogP contribution in [0.4, 0.5) is 0 Å². The summed E-state index contributed by atoms with van der Waals surface area (Å²) in [6.45, 7) is 6.38. The van der Waals surface area contributed by atoms with Crippen LogP contribution in [-0.4, -0.2) is 0 Å². The van der Waals surface area contributed by atoms with E-state index < -0.39 is 0 Å². The van der Waals surface area contributed by atoms with Gasteiger partial charge in [-0.2, -0.15) is 0 Å². The monoisotopic (exact) mass is 199 g/mol. The minimum Gasteiger partial charge on any atom is -0.324 e. The predicted molar refractivity (Wildman–Crippen MR) is 60.4 cm³/mol. The van der Waals surface area contributed by atoms with E-state index in [9.17, 15) is 0 Å². The maximum absolute atomic E-state index is 5.96. The fourth-order valence-corrected chi connectivity index (χ4v) is 1.40. The number of nitrogens with two attached hydrogens (primary N) is 1. The first-order valence-electron chi connectivity index (χ1n) is 4.48. The predicted octanol–water partition coefficient (Wildman–Crippen LogP) is 3.14. The molecule has 2 heteroatoms. The van der Waals surface area contributed by atoms with Gasteiger partial charge in [0.2, 0.25) is 0 Å². The van der Waals surface area contributed by atoms with Gasteiger partial charge in [0.25, 0.3) is 0 Å². The summed E-state index contributed by atoms with van der Waals surface area (Å²) in [5.74, 6) is 0. The molecule has 0 aromatic heterocycles. The van der Waals surface area contributed by atoms with Gasteiger partial charge in [-0.1, -0.05) is 25.1 Å². The second-order valence-corrected chi connectivity index (χ2v) is 3.30. The molecule has 0 saturated carbocycles. The van der Waals surface area contributed by atoms with Crippen LogP contribution < -0.4 is 5.73 Å². The lowest BCUT2D eigenvalue weighted by atomic mass is 9.97. The summed E-state index contributed by atoms with van der Waals surface area (Å²) in [4.78, 5) is 0. The average molecular weight is 200 g/mol. The van der Waals surface area contributed by atoms with E-state index in [0.29, 0.717) is 0 Å². The molecule has 0 spiro atoms. The molecule has 1 nitrogen and oxygen atoms in total. The Morgan fingerprint density at radius 2 is 1.92 bits per heavy atom. The van der Waals surface area contributed by atoms with Crippen molar-refractivity contribution in [2.75, 3.05) is 0 Å². The zero-order chi connectivity index (χ0) is 9.14. The van der Waals surface area contributed by atoms with Gasteiger partial charge < -0.3 is 5.73 Å². The van der Waals surface area contributed by atoms with Crippen molar-refractivity contribution >= 4 is 12.4 Å². The minimum absolute atomic E-state index is 0. The van der Waals surface area contributed by atoms with Crippen molar-refractivity contribution in [3.05, 3.63) is 34.9 Å². The third-order valence-electron chi connectivity index (χ3n) is 2.49. The molecule has 0 radical (unpaired) electrons. The first-order chi connectivity index (χ1) is 5.66. The molecule has 0 aliphatic rings. The smallest absolute Gasteiger partial charge is 0.0294 e. The third kappa shape index (κ3) is 2.71. The molecular formula is C11H18ClN. The Balaban J connectivity index is 0.00000144. The SMILES string of the molecule is CC[C@@H](N)c1cccc(C)c1C.Cl. The van der Waals surface area contributed by atoms with E-state index in [1.54, 1.807) is 0 Å². The van der Waals surface area contributed by atoms with Crippen LogP contribution in [0.15, 0.2) is 18.2 Å². The number of hydrogen-bond acceptors (Lipinski definition) is 1. The largest absolute Gasteiger partial charge is 0.324 e. The molecule has 1 atom stereocenters. The number of halogens is 1. The van der Waals surface area contributed by atoms with Crippen molar-refractivity contribution in [2.24, 2.45) is 5.73 Å². The van der Waals surface area contributed by atoms with Gasteiger partial charge in [0.15, 0.2) is 0 Å². The summed E-state index contributed by atoms with van der Waals surface area (Å²) in [6.07, 6.45) is 1.00. The highest BCUT2D eigenvalue weighted by molar-refractivity contribution is 5.85. The quantitative estimate of drug-likeness (QED) is 0.778. The zero-order valence-corrected chi connectivity index (χ0v) is 9.32. The number of rotatable bonds is 2. The van der Waals surface area contributed by atoms with Crippen molar-refractivity contribution < 1.29 is 0 Å². The van der Waals surface area contributed by atoms with Crippen molar-refractivity contribution in [3.8, 4) is 0 Å². The Kier molecular flexibility index (Phi) is 5.04. The van der Waals surface area contributed by atoms with Gasteiger partial charge in [0, 0.05) is 6.04 Å². The van der Waals surface area contributed by atoms with E-state index in [1.807, 2.05) is 0 Å². The van der Waals surface area contributed by atoms with Crippen LogP contribution >= 0.6 is 12.4 Å². The lowest BCUT2D eigenvalue weighted by Gasteiger charge is -2.13. The maximum atomic E-state index is 5.96. The molecule has 0 unspecified atom stereocenters. The molecule has 2 N–H and O–H groups in total. The Bertz CT molecular complexity index is 271. The summed E-state index contributed by atoms with van der Waals surface area (Å²) in [5, 5.41) is 0. The fourth-order valence-electron chi connectivity index (χ4n) is 1.40. The van der Waals surface area contributed by atoms with Crippen LogP contribution in [0.5, 0.6) is 0 Å². The molecule has 0 amide bonds. The second-order valence-electron chi connectivity index (χ2n) is 3.30. The molecule has 1 rings (SSSR count). The Hall–Kier alpha value is -0.530. The van der Waals surface area contributed by atoms with E-state index in [-0.39, 0.29) is 18.4 Å². The number of aryl methyl sites for hydroxylation is 1. The molecule has 0 saturated heterocycles. The average Bonchev–Trinajstić information content (AvgIpc) is 2.08. The highest BCUT2D eigenvalue weighted by atomic mass is 35.5. The molecule has 0 aliphatic heterocycles. The van der Waals surface area contributed by atoms with E-state index in [0.717, 1.165) is 6.42 Å². The Labute approximate surface area is 86.7 Å². The Morgan fingerprint density at radius 3 is 2.46 bits per heavy atom. The summed E-state index contributed by atoms with van der Waals surface area (Å²) in [5.41, 5.74) is 9.92. The van der Waals surface area contributed by atoms with Crippen molar-refractivity contribution in [2.45, 2.75) is 33.2 Å². The minimum atomic E-state index is 0. The lowest BCUT2D eigenvalue weighted by molar-refractivity contribution is 0.693. The molecule has 0 fully saturated rings. The van der Waals surface area contributed by atoms with Gasteiger partial charge in [-0.15, -0.1) is 12.4 Å². The summed E-state index contributed by atoms with van der Waals surface area (Å²) >= 11 is 0. The van der Waals surface area contributed by atoms with E-state index in [2.05, 4.69) is 39.0 Å². The molecule has 13 heavy (non-hydrogen) atoms. The van der Waals surface area contributed by atoms with Crippen LogP contribution in [0, 0.1) is 13.8 Å². The van der Waals surface area contributed by atoms with Gasteiger partial charge in [0.05, 0.1) is 0 Å². The zero-order valence-electron chi connectivity index (χ0n) is 8.50. The van der Waals surface area contributed by atoms with Crippen molar-refractivity contribution in [1.82, 2.24) is 0 Å². The molecule has 1 aromatic rings. The van der Waals surface area contributed by atoms with Crippen molar-refractivity contribution in [3.63, 3.8) is 0 Å². The lowest BCUT2D eigenvalue weighted by Crippen LogP contribution is -2.10. The van der Waals surface area contributed by atoms with Crippen molar-refractivity contribution in [1.29, 1.82) is 0 Å². The van der Waals surface area contributed by atoms with Gasteiger partial charge in [-0.25, -0.2) is 0 Å². The van der Waals surface area contributed by atoms with Gasteiger partial charge in [0.1, 0.15) is 0 Å². The molecule has 0 aliphatic carbocycles. The van der Waals surface area contributed by atoms with Crippen LogP contribution in [0.1, 0.15) is 36.1 Å². The standard InChI is InChI=1S/C11H17N.ClH/c1-4-11(12)10-7-5-6-8(2)9(10)3;/h5-7,11H,4,12H2,1-3H3;1H/t11-;/m1./s1. The highest BCUT2D eigenvalue weighted by Gasteiger charge is 2.06. The molecule has 0 bridgehead atoms. The number of hydrogen-bond donors (Lipinski definition) is 1. The van der Waals surface area contributed by atoms with E-state index >= 15 is 0 Å². The first-order valence-corrected chi connectivity index (χ1v) is 4.48. The molecule has 0 heterocycles. The molecule has 74 valence electrons. The number of benzene rings is 1. The van der Waals surface area contributed by atoms with Gasteiger partial charge in [-0.05, 0) is 37.0 Å². The van der Waals surface area contributed by atoms with E-state index in [4.69, 9.17) is 5.73 Å². The Morgan fingerprint density at radius 1 is 1.31 bits per heavy atom. The van der Waals surface area contributed by atoms with Crippen LogP contribution in [-0.2, 0) is 0 Å². The third-order valence-corrected chi connectivity index (χ3v) is 2.49. The summed E-state index contributed by atoms with van der Waals surface area (Å²) in [6, 6.07) is 6.52. The normalized spacial score (nSPS) is 12.0. The summed E-state index contributed by atoms with van der Waals surface area (Å²) < 4.78 is 0.